The van der Waals surface area contributed by atoms with Gasteiger partial charge in [0, 0.05) is 24.2 Å². The van der Waals surface area contributed by atoms with Crippen molar-refractivity contribution < 1.29 is 123 Å². The maximum Gasteiger partial charge on any atom is 0.312 e. The molecule has 660 valence electrons. The van der Waals surface area contributed by atoms with E-state index in [1.807, 2.05) is 125 Å². The van der Waals surface area contributed by atoms with Gasteiger partial charge >= 0.3 is 35.8 Å². The summed E-state index contributed by atoms with van der Waals surface area (Å²) in [5.41, 5.74) is 0. The fraction of sp³-hybridized carbons (Fsp3) is 0.929. The number of fused-ring (bicyclic) bond motifs is 15. The van der Waals surface area contributed by atoms with Crippen molar-refractivity contribution in [1.29, 1.82) is 0 Å². The molecule has 30 heteroatoms. The van der Waals surface area contributed by atoms with Gasteiger partial charge in [-0.1, -0.05) is 131 Å². The molecule has 0 amide bonds. The van der Waals surface area contributed by atoms with Crippen LogP contribution in [0, 0.1) is 88.8 Å². The van der Waals surface area contributed by atoms with E-state index in [0.717, 1.165) is 127 Å². The summed E-state index contributed by atoms with van der Waals surface area (Å²) in [6.07, 6.45) is 24.2. The quantitative estimate of drug-likeness (QED) is 0.123. The van der Waals surface area contributed by atoms with E-state index in [9.17, 15) is 54.0 Å². The van der Waals surface area contributed by atoms with Crippen LogP contribution in [0.1, 0.15) is 272 Å². The summed E-state index contributed by atoms with van der Waals surface area (Å²) in [7, 11) is -9.43. The Hall–Kier alpha value is -3.69. The first-order valence-corrected chi connectivity index (χ1v) is 49.3. The van der Waals surface area contributed by atoms with Crippen LogP contribution in [-0.2, 0) is 129 Å². The molecule has 18 saturated heterocycles. The van der Waals surface area contributed by atoms with Crippen molar-refractivity contribution in [3.05, 3.63) is 0 Å². The van der Waals surface area contributed by atoms with Gasteiger partial charge in [-0.3, -0.25) is 41.3 Å². The van der Waals surface area contributed by atoms with Crippen LogP contribution in [0.4, 0.5) is 0 Å². The lowest BCUT2D eigenvalue weighted by atomic mass is 9.68. The lowest BCUT2D eigenvalue weighted by Gasteiger charge is -2.35. The second-order valence-electron chi connectivity index (χ2n) is 31.4. The van der Waals surface area contributed by atoms with E-state index in [4.69, 9.17) is 65.2 Å². The van der Waals surface area contributed by atoms with Gasteiger partial charge in [-0.2, -0.15) is 25.3 Å². The van der Waals surface area contributed by atoms with Crippen LogP contribution in [0.2, 0.25) is 0 Å². The van der Waals surface area contributed by atoms with E-state index < -0.39 is 30.4 Å². The largest absolute Gasteiger partial charge is 0.465 e. The van der Waals surface area contributed by atoms with Gasteiger partial charge in [-0.05, 0) is 170 Å². The number of esters is 6. The SMILES string of the molecule is CC.CC.CC.CC.CC.CC.CC.CC.CC.O=C1CC2OC3OCOC3C2O1.O=C1OC2CC3CC(C2)CC1C3.O=C1OCC2C3CCC(O3)C12.O=C1OCC2CC3CC1C2C3.O=C1OCC2CC3CC1C2O3.O=C1OCC2CCCC1C2.O=S1(=O)CCCO1.O=S1(=O)OC2CC3CC1C2O3.O=S1(=O)OC2CC3CC2C1C3. The van der Waals surface area contributed by atoms with Crippen LogP contribution in [-0.4, -0.2) is 197 Å². The Morgan fingerprint density at radius 1 is 0.342 bits per heavy atom. The summed E-state index contributed by atoms with van der Waals surface area (Å²) in [6, 6.07) is 0. The minimum Gasteiger partial charge on any atom is -0.465 e. The molecule has 0 aromatic carbocycles. The number of carbonyl (C=O) groups is 6. The summed E-state index contributed by atoms with van der Waals surface area (Å²) < 4.78 is 142. The third kappa shape index (κ3) is 23.1. The van der Waals surface area contributed by atoms with Gasteiger partial charge < -0.3 is 56.8 Å². The zero-order valence-corrected chi connectivity index (χ0v) is 74.2. The van der Waals surface area contributed by atoms with Crippen LogP contribution in [0.5, 0.6) is 0 Å². The molecule has 114 heavy (non-hydrogen) atoms. The maximum atomic E-state index is 11.4. The first-order valence-electron chi connectivity index (χ1n) is 44.7. The average Bonchev–Trinajstić information content (AvgIpc) is 1.58. The number of hydrogen-bond acceptors (Lipinski definition) is 27. The van der Waals surface area contributed by atoms with Crippen molar-refractivity contribution in [3.8, 4) is 0 Å². The van der Waals surface area contributed by atoms with Gasteiger partial charge in [0.05, 0.1) is 117 Å². The number of ether oxygens (including phenoxy) is 12. The first kappa shape index (κ1) is 97.4. The van der Waals surface area contributed by atoms with Crippen LogP contribution < -0.4 is 0 Å². The highest BCUT2D eigenvalue weighted by Gasteiger charge is 2.63. The summed E-state index contributed by atoms with van der Waals surface area (Å²) in [4.78, 5) is 66.8. The van der Waals surface area contributed by atoms with Crippen LogP contribution >= 0.6 is 0 Å². The Kier molecular flexibility index (Phi) is 39.2. The van der Waals surface area contributed by atoms with Gasteiger partial charge in [0.15, 0.2) is 25.3 Å². The molecule has 0 N–H and O–H groups in total. The molecule has 25 aliphatic rings. The molecular weight excluding hydrogens is 1540 g/mol. The highest BCUT2D eigenvalue weighted by atomic mass is 32.2. The molecule has 18 heterocycles. The zero-order chi connectivity index (χ0) is 84.1. The van der Waals surface area contributed by atoms with Gasteiger partial charge in [-0.15, -0.1) is 0 Å². The van der Waals surface area contributed by atoms with Gasteiger partial charge in [0.2, 0.25) is 0 Å². The Labute approximate surface area is 682 Å². The maximum absolute atomic E-state index is 11.4. The van der Waals surface area contributed by atoms with E-state index >= 15 is 0 Å². The topological polar surface area (TPSA) is 343 Å². The van der Waals surface area contributed by atoms with Crippen molar-refractivity contribution in [2.45, 2.75) is 362 Å². The molecule has 18 aliphatic heterocycles. The molecule has 25 rings (SSSR count). The Bertz CT molecular complexity index is 3220. The summed E-state index contributed by atoms with van der Waals surface area (Å²) >= 11 is 0. The fourth-order valence-corrected chi connectivity index (χ4v) is 25.8. The highest BCUT2D eigenvalue weighted by molar-refractivity contribution is 7.88. The smallest absolute Gasteiger partial charge is 0.312 e. The third-order valence-electron chi connectivity index (χ3n) is 25.4. The Morgan fingerprint density at radius 2 is 0.930 bits per heavy atom. The zero-order valence-electron chi connectivity index (χ0n) is 71.8. The summed E-state index contributed by atoms with van der Waals surface area (Å²) in [5, 5.41) is -0.488. The van der Waals surface area contributed by atoms with E-state index in [0.29, 0.717) is 99.3 Å². The monoisotopic (exact) mass is 1680 g/mol. The van der Waals surface area contributed by atoms with Crippen LogP contribution in [0.25, 0.3) is 0 Å². The molecule has 0 spiro atoms. The molecular formula is C84H144O27S3. The standard InChI is InChI=1S/C10H14O2.C9H12O2.2C8H10O3.C8H12O2.C7H8O5.C7H10O3S.C6H8O4S.C3H6O3S.9C2H6/c11-10-8-2-6-1-7(3-8)5-9(4-6)12-10;10-9-8-3-5-1-6(4-11-9)7(8)2-5;9-8-6-2-5-1-4(3-10-8)7(6)11-5;9-8-7-4(3-10-8)5-1-2-6(7)11-5;9-8-7-3-1-2-6(4-7)5-10-8;8-4-1-3-5(12-4)6-7(11-3)10-2-9-6;8-11(9)7-3-4-1-5(7)6(2-4)10-11;7-11(8)5-2-3-1-4(10-11)6(5)9-3;4-7(5)3-1-2-6-7;9*1-2/h6-9H,1-5H2;5-8H,1-4H2;2*4-7H,1-3H2;6-7H,1-5H2;3,5-7H,1-2H2;4-7H,1-3H2;3-6H,1-2H2;1-3H2;9*1-2H3. The molecule has 7 aliphatic carbocycles. The predicted molar refractivity (Wildman–Crippen MR) is 425 cm³/mol. The lowest BCUT2D eigenvalue weighted by molar-refractivity contribution is -0.161. The second kappa shape index (κ2) is 45.8. The van der Waals surface area contributed by atoms with E-state index in [2.05, 4.69) is 4.18 Å². The number of hydrogen-bond donors (Lipinski definition) is 0. The van der Waals surface area contributed by atoms with Crippen molar-refractivity contribution in [1.82, 2.24) is 0 Å². The van der Waals surface area contributed by atoms with E-state index in [1.54, 1.807) is 0 Å². The lowest BCUT2D eigenvalue weighted by Crippen LogP contribution is -2.41. The van der Waals surface area contributed by atoms with Crippen molar-refractivity contribution in [2.24, 2.45) is 88.8 Å². The van der Waals surface area contributed by atoms with Crippen molar-refractivity contribution >= 4 is 66.2 Å². The van der Waals surface area contributed by atoms with E-state index in [1.165, 1.54) is 32.1 Å². The molecule has 28 unspecified atom stereocenters. The van der Waals surface area contributed by atoms with E-state index in [-0.39, 0.29) is 150 Å². The van der Waals surface area contributed by atoms with Crippen molar-refractivity contribution in [2.75, 3.05) is 45.6 Å². The van der Waals surface area contributed by atoms with Crippen molar-refractivity contribution in [3.63, 3.8) is 0 Å². The Morgan fingerprint density at radius 3 is 1.49 bits per heavy atom. The highest BCUT2D eigenvalue weighted by Crippen LogP contribution is 2.56. The molecule has 0 aromatic rings. The van der Waals surface area contributed by atoms with Crippen LogP contribution in [0.15, 0.2) is 0 Å². The van der Waals surface area contributed by atoms with Gasteiger partial charge in [-0.25, -0.2) is 0 Å². The van der Waals surface area contributed by atoms with Gasteiger partial charge in [0.25, 0.3) is 30.4 Å². The first-order chi connectivity index (χ1) is 55.1. The fourth-order valence-electron chi connectivity index (χ4n) is 21.2. The molecule has 28 atom stereocenters. The minimum atomic E-state index is -3.26. The number of carbonyl (C=O) groups excluding carboxylic acids is 6. The molecule has 0 aromatic heterocycles. The molecule has 0 radical (unpaired) electrons. The summed E-state index contributed by atoms with van der Waals surface area (Å²) in [6.45, 7) is 39.2. The molecule has 25 fully saturated rings. The molecule has 16 bridgehead atoms. The predicted octanol–water partition coefficient (Wildman–Crippen LogP) is 13.5. The molecule has 27 nitrogen and oxygen atoms in total. The summed E-state index contributed by atoms with van der Waals surface area (Å²) in [5.74, 6) is 7.67. The normalized spacial score (nSPS) is 42.6. The molecule has 7 saturated carbocycles. The number of rotatable bonds is 0. The number of cyclic esters (lactones) is 4. The van der Waals surface area contributed by atoms with Crippen LogP contribution in [0.3, 0.4) is 0 Å². The minimum absolute atomic E-state index is 0.0257. The van der Waals surface area contributed by atoms with Gasteiger partial charge in [0.1, 0.15) is 29.7 Å². The Balaban J connectivity index is 0.000000174. The average molecular weight is 1680 g/mol. The third-order valence-corrected chi connectivity index (χ3v) is 30.2. The second-order valence-corrected chi connectivity index (χ2v) is 36.7.